The molecule has 0 aliphatic heterocycles. The summed E-state index contributed by atoms with van der Waals surface area (Å²) in [7, 11) is 0. The molecule has 22 heavy (non-hydrogen) atoms. The van der Waals surface area contributed by atoms with Crippen LogP contribution in [-0.2, 0) is 17.8 Å². The first kappa shape index (κ1) is 14.3. The number of hydrogen-bond donors (Lipinski definition) is 1. The second-order valence-corrected chi connectivity index (χ2v) is 5.64. The third kappa shape index (κ3) is 2.86. The lowest BCUT2D eigenvalue weighted by Crippen LogP contribution is -2.27. The Morgan fingerprint density at radius 2 is 2.14 bits per heavy atom. The number of amides is 1. The molecule has 112 valence electrons. The van der Waals surface area contributed by atoms with Crippen LogP contribution >= 0.6 is 11.3 Å². The molecule has 3 rings (SSSR count). The van der Waals surface area contributed by atoms with Gasteiger partial charge in [0.15, 0.2) is 0 Å². The van der Waals surface area contributed by atoms with Gasteiger partial charge < -0.3 is 0 Å². The van der Waals surface area contributed by atoms with Crippen LogP contribution in [0.25, 0.3) is 11.0 Å². The number of benzene rings is 1. The minimum Gasteiger partial charge on any atom is -0.299 e. The van der Waals surface area contributed by atoms with Gasteiger partial charge in [0.25, 0.3) is 5.56 Å². The topological polar surface area (TPSA) is 89.8 Å². The van der Waals surface area contributed by atoms with E-state index in [-0.39, 0.29) is 18.0 Å². The predicted octanol–water partition coefficient (Wildman–Crippen LogP) is 1.45. The van der Waals surface area contributed by atoms with E-state index >= 15 is 0 Å². The lowest BCUT2D eigenvalue weighted by Gasteiger charge is -2.08. The highest BCUT2D eigenvalue weighted by Gasteiger charge is 2.11. The maximum absolute atomic E-state index is 12.1. The number of hydrogen-bond acceptors (Lipinski definition) is 6. The largest absolute Gasteiger partial charge is 0.299 e. The molecule has 8 heteroatoms. The fourth-order valence-electron chi connectivity index (χ4n) is 2.03. The minimum absolute atomic E-state index is 0.0943. The van der Waals surface area contributed by atoms with Crippen molar-refractivity contribution in [3.8, 4) is 0 Å². The molecule has 7 nitrogen and oxygen atoms in total. The van der Waals surface area contributed by atoms with Gasteiger partial charge in [-0.3, -0.25) is 19.5 Å². The SMILES string of the molecule is CCc1nnc(NC(=O)Cn2c(=O)cnc3ccccc32)s1. The molecule has 2 heterocycles. The molecule has 0 saturated carbocycles. The zero-order chi connectivity index (χ0) is 15.5. The van der Waals surface area contributed by atoms with Crippen LogP contribution in [0.15, 0.2) is 35.3 Å². The molecule has 0 bridgehead atoms. The fourth-order valence-corrected chi connectivity index (χ4v) is 2.72. The van der Waals surface area contributed by atoms with Gasteiger partial charge in [0.05, 0.1) is 17.2 Å². The van der Waals surface area contributed by atoms with Gasteiger partial charge in [0.1, 0.15) is 11.6 Å². The molecule has 0 unspecified atom stereocenters. The number of carbonyl (C=O) groups excluding carboxylic acids is 1. The molecule has 3 aromatic rings. The van der Waals surface area contributed by atoms with E-state index in [1.165, 1.54) is 22.1 Å². The van der Waals surface area contributed by atoms with Crippen molar-refractivity contribution < 1.29 is 4.79 Å². The number of carbonyl (C=O) groups is 1. The van der Waals surface area contributed by atoms with E-state index in [0.29, 0.717) is 16.2 Å². The van der Waals surface area contributed by atoms with E-state index < -0.39 is 0 Å². The maximum atomic E-state index is 12.1. The first-order valence-electron chi connectivity index (χ1n) is 6.74. The first-order chi connectivity index (χ1) is 10.7. The Hall–Kier alpha value is -2.61. The van der Waals surface area contributed by atoms with Gasteiger partial charge in [-0.15, -0.1) is 10.2 Å². The van der Waals surface area contributed by atoms with E-state index in [1.807, 2.05) is 13.0 Å². The normalized spacial score (nSPS) is 10.8. The summed E-state index contributed by atoms with van der Waals surface area (Å²) in [5, 5.41) is 11.8. The summed E-state index contributed by atoms with van der Waals surface area (Å²) < 4.78 is 1.39. The summed E-state index contributed by atoms with van der Waals surface area (Å²) in [5.41, 5.74) is 0.969. The van der Waals surface area contributed by atoms with Crippen LogP contribution in [0.5, 0.6) is 0 Å². The quantitative estimate of drug-likeness (QED) is 0.787. The third-order valence-corrected chi connectivity index (χ3v) is 4.05. The summed E-state index contributed by atoms with van der Waals surface area (Å²) in [6.45, 7) is 1.87. The zero-order valence-corrected chi connectivity index (χ0v) is 12.6. The number of anilines is 1. The molecule has 0 fully saturated rings. The Bertz CT molecular complexity index is 886. The highest BCUT2D eigenvalue weighted by atomic mass is 32.1. The molecule has 0 aliphatic carbocycles. The molecule has 2 aromatic heterocycles. The number of aromatic nitrogens is 4. The summed E-state index contributed by atoms with van der Waals surface area (Å²) >= 11 is 1.33. The fraction of sp³-hybridized carbons (Fsp3) is 0.214. The molecule has 0 atom stereocenters. The Balaban J connectivity index is 1.85. The number of rotatable bonds is 4. The highest BCUT2D eigenvalue weighted by Crippen LogP contribution is 2.15. The number of para-hydroxylation sites is 2. The van der Waals surface area contributed by atoms with Gasteiger partial charge >= 0.3 is 0 Å². The van der Waals surface area contributed by atoms with Crippen molar-refractivity contribution in [1.82, 2.24) is 19.7 Å². The molecule has 1 amide bonds. The lowest BCUT2D eigenvalue weighted by atomic mass is 10.3. The van der Waals surface area contributed by atoms with Gasteiger partial charge in [0.2, 0.25) is 11.0 Å². The molecule has 0 radical (unpaired) electrons. The van der Waals surface area contributed by atoms with Crippen LogP contribution in [0.1, 0.15) is 11.9 Å². The van der Waals surface area contributed by atoms with Gasteiger partial charge in [-0.2, -0.15) is 0 Å². The number of fused-ring (bicyclic) bond motifs is 1. The van der Waals surface area contributed by atoms with Crippen molar-refractivity contribution in [1.29, 1.82) is 0 Å². The molecule has 0 saturated heterocycles. The first-order valence-corrected chi connectivity index (χ1v) is 7.56. The van der Waals surface area contributed by atoms with E-state index in [1.54, 1.807) is 18.2 Å². The molecule has 1 N–H and O–H groups in total. The molecular formula is C14H13N5O2S. The lowest BCUT2D eigenvalue weighted by molar-refractivity contribution is -0.116. The minimum atomic E-state index is -0.322. The molecule has 0 spiro atoms. The summed E-state index contributed by atoms with van der Waals surface area (Å²) in [6.07, 6.45) is 1.98. The van der Waals surface area contributed by atoms with Gasteiger partial charge in [-0.25, -0.2) is 4.98 Å². The van der Waals surface area contributed by atoms with Crippen molar-refractivity contribution in [2.45, 2.75) is 19.9 Å². The Morgan fingerprint density at radius 1 is 1.32 bits per heavy atom. The predicted molar refractivity (Wildman–Crippen MR) is 83.9 cm³/mol. The number of nitrogens with one attached hydrogen (secondary N) is 1. The Kier molecular flexibility index (Phi) is 3.92. The smallest absolute Gasteiger partial charge is 0.269 e. The Morgan fingerprint density at radius 3 is 2.91 bits per heavy atom. The van der Waals surface area contributed by atoms with Crippen molar-refractivity contribution in [3.05, 3.63) is 45.8 Å². The molecule has 0 aliphatic rings. The van der Waals surface area contributed by atoms with Crippen molar-refractivity contribution >= 4 is 33.4 Å². The standard InChI is InChI=1S/C14H13N5O2S/c1-2-12-17-18-14(22-12)16-11(20)8-19-10-6-4-3-5-9(10)15-7-13(19)21/h3-7H,2,8H2,1H3,(H,16,18,20). The summed E-state index contributed by atoms with van der Waals surface area (Å²) in [4.78, 5) is 28.2. The second kappa shape index (κ2) is 6.02. The second-order valence-electron chi connectivity index (χ2n) is 4.57. The van der Waals surface area contributed by atoms with Crippen LogP contribution in [-0.4, -0.2) is 25.7 Å². The van der Waals surface area contributed by atoms with E-state index in [4.69, 9.17) is 0 Å². The van der Waals surface area contributed by atoms with Crippen molar-refractivity contribution in [2.24, 2.45) is 0 Å². The van der Waals surface area contributed by atoms with Crippen LogP contribution in [0.4, 0.5) is 5.13 Å². The maximum Gasteiger partial charge on any atom is 0.269 e. The third-order valence-electron chi connectivity index (χ3n) is 3.07. The van der Waals surface area contributed by atoms with E-state index in [0.717, 1.165) is 11.4 Å². The van der Waals surface area contributed by atoms with Gasteiger partial charge in [0, 0.05) is 0 Å². The highest BCUT2D eigenvalue weighted by molar-refractivity contribution is 7.15. The van der Waals surface area contributed by atoms with Gasteiger partial charge in [-0.1, -0.05) is 30.4 Å². The Labute approximate surface area is 129 Å². The zero-order valence-electron chi connectivity index (χ0n) is 11.8. The van der Waals surface area contributed by atoms with Crippen LogP contribution < -0.4 is 10.9 Å². The van der Waals surface area contributed by atoms with E-state index in [2.05, 4.69) is 20.5 Å². The number of aryl methyl sites for hydroxylation is 1. The monoisotopic (exact) mass is 315 g/mol. The average Bonchev–Trinajstić information content (AvgIpc) is 2.98. The van der Waals surface area contributed by atoms with Crippen LogP contribution in [0.2, 0.25) is 0 Å². The average molecular weight is 315 g/mol. The van der Waals surface area contributed by atoms with E-state index in [9.17, 15) is 9.59 Å². The number of nitrogens with zero attached hydrogens (tertiary/aromatic N) is 4. The summed E-state index contributed by atoms with van der Waals surface area (Å²) in [5.74, 6) is -0.322. The van der Waals surface area contributed by atoms with Gasteiger partial charge in [-0.05, 0) is 18.6 Å². The molecular weight excluding hydrogens is 302 g/mol. The van der Waals surface area contributed by atoms with Crippen LogP contribution in [0.3, 0.4) is 0 Å². The van der Waals surface area contributed by atoms with Crippen molar-refractivity contribution in [3.63, 3.8) is 0 Å². The summed E-state index contributed by atoms with van der Waals surface area (Å²) in [6, 6.07) is 7.19. The molecule has 1 aromatic carbocycles. The van der Waals surface area contributed by atoms with Crippen LogP contribution in [0, 0.1) is 0 Å². The van der Waals surface area contributed by atoms with Crippen molar-refractivity contribution in [2.75, 3.05) is 5.32 Å².